The fraction of sp³-hybridized carbons (Fsp3) is 0.845. The summed E-state index contributed by atoms with van der Waals surface area (Å²) in [6, 6.07) is 0. The average Bonchev–Trinajstić information content (AvgIpc) is 3.35. The van der Waals surface area contributed by atoms with Gasteiger partial charge in [-0.15, -0.1) is 0 Å². The number of unbranched alkanes of at least 4 members (excludes halogenated alkanes) is 31. The van der Waals surface area contributed by atoms with Crippen molar-refractivity contribution < 1.29 is 52.2 Å². The quantitative estimate of drug-likeness (QED) is 0.0197. The van der Waals surface area contributed by atoms with Crippen LogP contribution >= 0.6 is 7.82 Å². The zero-order valence-corrected chi connectivity index (χ0v) is 46.1. The number of carbonyl (C=O) groups is 3. The number of allylic oxidation sites excluding steroid dienone is 6. The van der Waals surface area contributed by atoms with Gasteiger partial charge in [0.1, 0.15) is 12.7 Å². The zero-order valence-electron chi connectivity index (χ0n) is 45.2. The summed E-state index contributed by atoms with van der Waals surface area (Å²) in [5, 5.41) is 9.78. The second-order valence-corrected chi connectivity index (χ2v) is 20.9. The van der Waals surface area contributed by atoms with Crippen molar-refractivity contribution in [3.63, 3.8) is 0 Å². The molecule has 0 aliphatic rings. The Kier molecular flexibility index (Phi) is 51.3. The smallest absolute Gasteiger partial charge is 0.462 e. The number of hydrogen-bond acceptors (Lipinski definition) is 10. The second kappa shape index (κ2) is 53.0. The molecule has 0 aromatic carbocycles. The predicted molar refractivity (Wildman–Crippen MR) is 289 cm³/mol. The third kappa shape index (κ3) is 50.6. The summed E-state index contributed by atoms with van der Waals surface area (Å²) in [6.07, 6.45) is 53.9. The van der Waals surface area contributed by atoms with E-state index in [-0.39, 0.29) is 25.9 Å². The predicted octanol–water partition coefficient (Wildman–Crippen LogP) is 16.8. The van der Waals surface area contributed by atoms with E-state index in [4.69, 9.17) is 23.3 Å². The Bertz CT molecular complexity index is 1320. The van der Waals surface area contributed by atoms with E-state index < -0.39 is 57.8 Å². The molecular formula is C58H107O11P. The molecular weight excluding hydrogens is 904 g/mol. The van der Waals surface area contributed by atoms with E-state index in [9.17, 15) is 28.9 Å². The lowest BCUT2D eigenvalue weighted by Crippen LogP contribution is -2.30. The standard InChI is InChI=1S/C58H107O11P/c1-4-7-10-13-16-19-22-24-25-26-27-28-29-31-33-35-38-41-44-47-56(60)65-51-55(69-58(62)49-46-43-40-37-34-30-23-20-17-14-11-8-5-2)53-67-70(63,64)66-52-54(50-59)68-57(61)48-45-42-39-36-32-21-18-15-12-9-6-3/h15-16,18-19,24-25,54-55,59H,4-14,17,20-23,26-53H2,1-3H3,(H,63,64)/b18-15-,19-16-,25-24-. The molecule has 0 aromatic heterocycles. The van der Waals surface area contributed by atoms with Crippen molar-refractivity contribution in [3.05, 3.63) is 36.5 Å². The van der Waals surface area contributed by atoms with E-state index in [0.29, 0.717) is 19.3 Å². The van der Waals surface area contributed by atoms with Crippen LogP contribution < -0.4 is 0 Å². The molecule has 0 radical (unpaired) electrons. The fourth-order valence-corrected chi connectivity index (χ4v) is 8.86. The van der Waals surface area contributed by atoms with Gasteiger partial charge in [-0.2, -0.15) is 0 Å². The van der Waals surface area contributed by atoms with Crippen LogP contribution in [0.15, 0.2) is 36.5 Å². The van der Waals surface area contributed by atoms with Crippen molar-refractivity contribution in [3.8, 4) is 0 Å². The molecule has 410 valence electrons. The first kappa shape index (κ1) is 67.7. The molecule has 0 bridgehead atoms. The van der Waals surface area contributed by atoms with E-state index in [2.05, 4.69) is 57.2 Å². The van der Waals surface area contributed by atoms with Crippen LogP contribution in [0.1, 0.15) is 278 Å². The van der Waals surface area contributed by atoms with Gasteiger partial charge in [0, 0.05) is 19.3 Å². The summed E-state index contributed by atoms with van der Waals surface area (Å²) < 4.78 is 39.5. The van der Waals surface area contributed by atoms with E-state index in [1.807, 2.05) is 0 Å². The van der Waals surface area contributed by atoms with Crippen LogP contribution in [0.2, 0.25) is 0 Å². The van der Waals surface area contributed by atoms with E-state index >= 15 is 0 Å². The van der Waals surface area contributed by atoms with Gasteiger partial charge in [-0.3, -0.25) is 23.4 Å². The van der Waals surface area contributed by atoms with Crippen molar-refractivity contribution in [2.24, 2.45) is 0 Å². The first-order valence-electron chi connectivity index (χ1n) is 28.9. The van der Waals surface area contributed by atoms with Crippen LogP contribution in [0.25, 0.3) is 0 Å². The van der Waals surface area contributed by atoms with Crippen molar-refractivity contribution >= 4 is 25.7 Å². The van der Waals surface area contributed by atoms with Crippen LogP contribution in [0.5, 0.6) is 0 Å². The molecule has 3 atom stereocenters. The number of carbonyl (C=O) groups excluding carboxylic acids is 3. The highest BCUT2D eigenvalue weighted by Gasteiger charge is 2.28. The summed E-state index contributed by atoms with van der Waals surface area (Å²) in [5.74, 6) is -1.46. The summed E-state index contributed by atoms with van der Waals surface area (Å²) >= 11 is 0. The number of rotatable bonds is 54. The lowest BCUT2D eigenvalue weighted by molar-refractivity contribution is -0.161. The van der Waals surface area contributed by atoms with Crippen LogP contribution in [0.4, 0.5) is 0 Å². The van der Waals surface area contributed by atoms with Gasteiger partial charge in [0.15, 0.2) is 6.10 Å². The Labute approximate surface area is 429 Å². The van der Waals surface area contributed by atoms with Crippen LogP contribution in [-0.4, -0.2) is 66.5 Å². The fourth-order valence-electron chi connectivity index (χ4n) is 8.07. The average molecular weight is 1010 g/mol. The van der Waals surface area contributed by atoms with E-state index in [1.54, 1.807) is 0 Å². The molecule has 0 aliphatic carbocycles. The number of phosphoric acid groups is 1. The van der Waals surface area contributed by atoms with Gasteiger partial charge in [-0.05, 0) is 70.6 Å². The van der Waals surface area contributed by atoms with E-state index in [0.717, 1.165) is 89.9 Å². The maximum absolute atomic E-state index is 12.9. The van der Waals surface area contributed by atoms with Crippen molar-refractivity contribution in [2.45, 2.75) is 290 Å². The van der Waals surface area contributed by atoms with Gasteiger partial charge in [0.25, 0.3) is 0 Å². The Balaban J connectivity index is 4.67. The number of ether oxygens (including phenoxy) is 3. The number of aliphatic hydroxyl groups excluding tert-OH is 1. The third-order valence-electron chi connectivity index (χ3n) is 12.5. The van der Waals surface area contributed by atoms with Crippen molar-refractivity contribution in [2.75, 3.05) is 26.4 Å². The SMILES string of the molecule is CCCC/C=C\CCCCCCCC(=O)OC(CO)COP(=O)(O)OCC(COC(=O)CCCCCCCCCCC/C=C\C/C=C\CCCCC)OC(=O)CCCCCCCCCCCCCCC. The molecule has 12 heteroatoms. The van der Waals surface area contributed by atoms with Gasteiger partial charge in [0.05, 0.1) is 19.8 Å². The number of phosphoric ester groups is 1. The minimum atomic E-state index is -4.74. The Morgan fingerprint density at radius 3 is 1.14 bits per heavy atom. The highest BCUT2D eigenvalue weighted by molar-refractivity contribution is 7.47. The molecule has 0 saturated heterocycles. The summed E-state index contributed by atoms with van der Waals surface area (Å²) in [7, 11) is -4.74. The Morgan fingerprint density at radius 1 is 0.400 bits per heavy atom. The second-order valence-electron chi connectivity index (χ2n) is 19.5. The molecule has 0 rings (SSSR count). The lowest BCUT2D eigenvalue weighted by Gasteiger charge is -2.21. The minimum absolute atomic E-state index is 0.169. The number of esters is 3. The number of hydrogen-bond donors (Lipinski definition) is 2. The Morgan fingerprint density at radius 2 is 0.714 bits per heavy atom. The largest absolute Gasteiger partial charge is 0.472 e. The van der Waals surface area contributed by atoms with Gasteiger partial charge in [-0.1, -0.05) is 224 Å². The first-order chi connectivity index (χ1) is 34.2. The summed E-state index contributed by atoms with van der Waals surface area (Å²) in [4.78, 5) is 48.4. The maximum atomic E-state index is 12.9. The van der Waals surface area contributed by atoms with Crippen LogP contribution in [-0.2, 0) is 42.2 Å². The molecule has 0 spiro atoms. The molecule has 11 nitrogen and oxygen atoms in total. The van der Waals surface area contributed by atoms with Gasteiger partial charge >= 0.3 is 25.7 Å². The molecule has 0 heterocycles. The first-order valence-corrected chi connectivity index (χ1v) is 30.4. The Hall–Kier alpha value is -2.30. The third-order valence-corrected chi connectivity index (χ3v) is 13.5. The van der Waals surface area contributed by atoms with Crippen LogP contribution in [0.3, 0.4) is 0 Å². The van der Waals surface area contributed by atoms with Gasteiger partial charge < -0.3 is 24.2 Å². The summed E-state index contributed by atoms with van der Waals surface area (Å²) in [5.41, 5.74) is 0. The maximum Gasteiger partial charge on any atom is 0.472 e. The van der Waals surface area contributed by atoms with Gasteiger partial charge in [0.2, 0.25) is 0 Å². The lowest BCUT2D eigenvalue weighted by atomic mass is 10.0. The van der Waals surface area contributed by atoms with Gasteiger partial charge in [-0.25, -0.2) is 4.57 Å². The molecule has 0 fully saturated rings. The van der Waals surface area contributed by atoms with E-state index in [1.165, 1.54) is 128 Å². The zero-order chi connectivity index (χ0) is 51.3. The molecule has 0 saturated carbocycles. The highest BCUT2D eigenvalue weighted by atomic mass is 31.2. The normalized spacial score (nSPS) is 13.6. The molecule has 0 aliphatic heterocycles. The van der Waals surface area contributed by atoms with Crippen molar-refractivity contribution in [1.29, 1.82) is 0 Å². The molecule has 2 N–H and O–H groups in total. The number of aliphatic hydroxyl groups is 1. The van der Waals surface area contributed by atoms with Crippen LogP contribution in [0, 0.1) is 0 Å². The molecule has 0 amide bonds. The monoisotopic (exact) mass is 1010 g/mol. The van der Waals surface area contributed by atoms with Crippen molar-refractivity contribution in [1.82, 2.24) is 0 Å². The molecule has 0 aromatic rings. The highest BCUT2D eigenvalue weighted by Crippen LogP contribution is 2.43. The topological polar surface area (TPSA) is 155 Å². The molecule has 70 heavy (non-hydrogen) atoms. The minimum Gasteiger partial charge on any atom is -0.462 e. The molecule has 3 unspecified atom stereocenters. The summed E-state index contributed by atoms with van der Waals surface area (Å²) in [6.45, 7) is 4.59.